The van der Waals surface area contributed by atoms with E-state index in [-0.39, 0.29) is 5.91 Å². The summed E-state index contributed by atoms with van der Waals surface area (Å²) in [4.78, 5) is 25.9. The summed E-state index contributed by atoms with van der Waals surface area (Å²) in [5, 5.41) is 4.56. The number of carbonyl (C=O) groups is 2. The molecule has 0 saturated heterocycles. The second-order valence-electron chi connectivity index (χ2n) is 6.57. The summed E-state index contributed by atoms with van der Waals surface area (Å²) in [6.07, 6.45) is -0.583. The average Bonchev–Trinajstić information content (AvgIpc) is 2.43. The summed E-state index contributed by atoms with van der Waals surface area (Å²) in [5.41, 5.74) is 0.267. The molecule has 122 valence electrons. The fourth-order valence-electron chi connectivity index (χ4n) is 2.18. The Labute approximate surface area is 136 Å². The lowest BCUT2D eigenvalue weighted by atomic mass is 10.0. The Hall–Kier alpha value is -2.56. The molecule has 5 heteroatoms. The molecule has 0 atom stereocenters. The van der Waals surface area contributed by atoms with Gasteiger partial charge in [0.15, 0.2) is 0 Å². The lowest BCUT2D eigenvalue weighted by Crippen LogP contribution is -2.29. The summed E-state index contributed by atoms with van der Waals surface area (Å²) in [6, 6.07) is 11.2. The highest BCUT2D eigenvalue weighted by molar-refractivity contribution is 6.06. The van der Waals surface area contributed by atoms with Crippen molar-refractivity contribution in [3.8, 4) is 0 Å². The summed E-state index contributed by atoms with van der Waals surface area (Å²) in [7, 11) is 3.35. The van der Waals surface area contributed by atoms with Crippen molar-refractivity contribution < 1.29 is 14.3 Å². The molecule has 5 nitrogen and oxygen atoms in total. The maximum absolute atomic E-state index is 12.4. The van der Waals surface area contributed by atoms with Crippen LogP contribution in [0.25, 0.3) is 10.8 Å². The smallest absolute Gasteiger partial charge is 0.412 e. The monoisotopic (exact) mass is 314 g/mol. The minimum atomic E-state index is -0.605. The summed E-state index contributed by atoms with van der Waals surface area (Å²) < 4.78 is 5.27. The van der Waals surface area contributed by atoms with Gasteiger partial charge in [0.25, 0.3) is 5.91 Å². The molecule has 0 unspecified atom stereocenters. The number of hydrogen-bond acceptors (Lipinski definition) is 3. The van der Waals surface area contributed by atoms with E-state index in [1.54, 1.807) is 47.0 Å². The van der Waals surface area contributed by atoms with Gasteiger partial charge >= 0.3 is 6.09 Å². The van der Waals surface area contributed by atoms with E-state index in [0.717, 1.165) is 10.8 Å². The largest absolute Gasteiger partial charge is 0.444 e. The van der Waals surface area contributed by atoms with E-state index in [2.05, 4.69) is 5.32 Å². The molecule has 0 aromatic heterocycles. The third-order valence-electron chi connectivity index (χ3n) is 3.16. The van der Waals surface area contributed by atoms with Crippen molar-refractivity contribution in [1.82, 2.24) is 4.90 Å². The molecule has 0 spiro atoms. The van der Waals surface area contributed by atoms with Crippen molar-refractivity contribution in [1.29, 1.82) is 0 Å². The predicted octanol–water partition coefficient (Wildman–Crippen LogP) is 3.89. The SMILES string of the molecule is CN(C)C(=O)c1cc2ccccc2cc1NC(=O)OC(C)(C)C. The van der Waals surface area contributed by atoms with Crippen LogP contribution in [0, 0.1) is 0 Å². The summed E-state index contributed by atoms with van der Waals surface area (Å²) >= 11 is 0. The van der Waals surface area contributed by atoms with E-state index in [1.165, 1.54) is 4.90 Å². The Morgan fingerprint density at radius 1 is 1.04 bits per heavy atom. The number of ether oxygens (including phenoxy) is 1. The normalized spacial score (nSPS) is 11.2. The Morgan fingerprint density at radius 2 is 1.61 bits per heavy atom. The van der Waals surface area contributed by atoms with E-state index >= 15 is 0 Å². The van der Waals surface area contributed by atoms with Crippen molar-refractivity contribution >= 4 is 28.5 Å². The van der Waals surface area contributed by atoms with Gasteiger partial charge in [-0.15, -0.1) is 0 Å². The first kappa shape index (κ1) is 16.8. The van der Waals surface area contributed by atoms with Gasteiger partial charge in [-0.1, -0.05) is 24.3 Å². The number of nitrogens with one attached hydrogen (secondary N) is 1. The van der Waals surface area contributed by atoms with E-state index in [4.69, 9.17) is 4.74 Å². The molecule has 0 bridgehead atoms. The van der Waals surface area contributed by atoms with Crippen molar-refractivity contribution in [2.75, 3.05) is 19.4 Å². The van der Waals surface area contributed by atoms with Crippen molar-refractivity contribution in [3.05, 3.63) is 42.0 Å². The topological polar surface area (TPSA) is 58.6 Å². The van der Waals surface area contributed by atoms with Crippen LogP contribution in [0.3, 0.4) is 0 Å². The van der Waals surface area contributed by atoms with Gasteiger partial charge in [0.1, 0.15) is 5.60 Å². The van der Waals surface area contributed by atoms with Crippen LogP contribution in [0.15, 0.2) is 36.4 Å². The highest BCUT2D eigenvalue weighted by atomic mass is 16.6. The molecular weight excluding hydrogens is 292 g/mol. The van der Waals surface area contributed by atoms with Crippen LogP contribution >= 0.6 is 0 Å². The summed E-state index contributed by atoms with van der Waals surface area (Å²) in [5.74, 6) is -0.179. The van der Waals surface area contributed by atoms with E-state index in [1.807, 2.05) is 24.3 Å². The van der Waals surface area contributed by atoms with Crippen LogP contribution in [0.5, 0.6) is 0 Å². The van der Waals surface area contributed by atoms with Gasteiger partial charge in [-0.05, 0) is 43.7 Å². The Morgan fingerprint density at radius 3 is 2.13 bits per heavy atom. The molecule has 0 heterocycles. The van der Waals surface area contributed by atoms with Gasteiger partial charge in [0, 0.05) is 14.1 Å². The van der Waals surface area contributed by atoms with Crippen molar-refractivity contribution in [3.63, 3.8) is 0 Å². The zero-order chi connectivity index (χ0) is 17.2. The van der Waals surface area contributed by atoms with Crippen molar-refractivity contribution in [2.45, 2.75) is 26.4 Å². The lowest BCUT2D eigenvalue weighted by Gasteiger charge is -2.21. The third-order valence-corrected chi connectivity index (χ3v) is 3.16. The van der Waals surface area contributed by atoms with E-state index in [9.17, 15) is 9.59 Å². The van der Waals surface area contributed by atoms with Crippen LogP contribution in [-0.4, -0.2) is 36.6 Å². The number of nitrogens with zero attached hydrogens (tertiary/aromatic N) is 1. The highest BCUT2D eigenvalue weighted by Gasteiger charge is 2.20. The van der Waals surface area contributed by atoms with Crippen molar-refractivity contribution in [2.24, 2.45) is 0 Å². The molecule has 0 aliphatic rings. The maximum atomic E-state index is 12.4. The van der Waals surface area contributed by atoms with Gasteiger partial charge in [0.2, 0.25) is 0 Å². The van der Waals surface area contributed by atoms with Gasteiger partial charge in [-0.2, -0.15) is 0 Å². The molecule has 0 fully saturated rings. The fraction of sp³-hybridized carbons (Fsp3) is 0.333. The number of carbonyl (C=O) groups excluding carboxylic acids is 2. The fourth-order valence-corrected chi connectivity index (χ4v) is 2.18. The highest BCUT2D eigenvalue weighted by Crippen LogP contribution is 2.25. The Balaban J connectivity index is 2.45. The molecule has 2 amide bonds. The zero-order valence-electron chi connectivity index (χ0n) is 14.1. The average molecular weight is 314 g/mol. The number of amides is 2. The minimum Gasteiger partial charge on any atom is -0.444 e. The molecule has 23 heavy (non-hydrogen) atoms. The zero-order valence-corrected chi connectivity index (χ0v) is 14.1. The quantitative estimate of drug-likeness (QED) is 0.915. The number of rotatable bonds is 2. The van der Waals surface area contributed by atoms with E-state index in [0.29, 0.717) is 11.3 Å². The first-order valence-corrected chi connectivity index (χ1v) is 7.42. The molecule has 1 N–H and O–H groups in total. The molecular formula is C18H22N2O3. The van der Waals surface area contributed by atoms with Gasteiger partial charge in [-0.3, -0.25) is 10.1 Å². The molecule has 0 radical (unpaired) electrons. The lowest BCUT2D eigenvalue weighted by molar-refractivity contribution is 0.0636. The second-order valence-corrected chi connectivity index (χ2v) is 6.57. The predicted molar refractivity (Wildman–Crippen MR) is 91.8 cm³/mol. The summed E-state index contributed by atoms with van der Waals surface area (Å²) in [6.45, 7) is 5.37. The number of hydrogen-bond donors (Lipinski definition) is 1. The van der Waals surface area contributed by atoms with Gasteiger partial charge < -0.3 is 9.64 Å². The molecule has 2 rings (SSSR count). The molecule has 2 aromatic rings. The standard InChI is InChI=1S/C18H22N2O3/c1-18(2,3)23-17(22)19-15-11-13-9-7-6-8-12(13)10-14(15)16(21)20(4)5/h6-11H,1-5H3,(H,19,22). The third kappa shape index (κ3) is 4.22. The number of anilines is 1. The molecule has 0 aliphatic carbocycles. The first-order chi connectivity index (χ1) is 10.7. The second kappa shape index (κ2) is 6.28. The van der Waals surface area contributed by atoms with Crippen LogP contribution in [0.2, 0.25) is 0 Å². The van der Waals surface area contributed by atoms with E-state index < -0.39 is 11.7 Å². The molecule has 0 saturated carbocycles. The number of benzene rings is 2. The Bertz CT molecular complexity index is 746. The van der Waals surface area contributed by atoms with Crippen LogP contribution in [0.4, 0.5) is 10.5 Å². The van der Waals surface area contributed by atoms with Crippen LogP contribution in [0.1, 0.15) is 31.1 Å². The number of fused-ring (bicyclic) bond motifs is 1. The maximum Gasteiger partial charge on any atom is 0.412 e. The van der Waals surface area contributed by atoms with Gasteiger partial charge in [-0.25, -0.2) is 4.79 Å². The van der Waals surface area contributed by atoms with Crippen LogP contribution < -0.4 is 5.32 Å². The van der Waals surface area contributed by atoms with Gasteiger partial charge in [0.05, 0.1) is 11.3 Å². The molecule has 0 aliphatic heterocycles. The first-order valence-electron chi connectivity index (χ1n) is 7.42. The minimum absolute atomic E-state index is 0.179. The Kier molecular flexibility index (Phi) is 4.59. The van der Waals surface area contributed by atoms with Crippen LogP contribution in [-0.2, 0) is 4.74 Å². The molecule has 2 aromatic carbocycles.